The first-order valence-electron chi connectivity index (χ1n) is 14.7. The fraction of sp³-hybridized carbons (Fsp3) is 0.394. The molecular weight excluding hydrogens is 586 g/mol. The second-order valence-electron chi connectivity index (χ2n) is 10.7. The molecule has 0 radical (unpaired) electrons. The van der Waals surface area contributed by atoms with Gasteiger partial charge in [-0.25, -0.2) is 8.42 Å². The maximum absolute atomic E-state index is 13.9. The van der Waals surface area contributed by atoms with Crippen LogP contribution in [0.1, 0.15) is 42.4 Å². The number of nitrogens with one attached hydrogen (secondary N) is 1. The molecule has 1 saturated heterocycles. The molecule has 1 aliphatic heterocycles. The lowest BCUT2D eigenvalue weighted by Gasteiger charge is -2.32. The highest BCUT2D eigenvalue weighted by Crippen LogP contribution is 2.22. The summed E-state index contributed by atoms with van der Waals surface area (Å²) in [4.78, 5) is 29.4. The Kier molecular flexibility index (Phi) is 12.2. The maximum Gasteiger partial charge on any atom is 0.243 e. The van der Waals surface area contributed by atoms with Crippen molar-refractivity contribution in [1.29, 1.82) is 0 Å². The van der Waals surface area contributed by atoms with Gasteiger partial charge in [0.2, 0.25) is 21.8 Å². The highest BCUT2D eigenvalue weighted by atomic mass is 35.5. The Morgan fingerprint density at radius 3 is 2.23 bits per heavy atom. The number of amides is 2. The van der Waals surface area contributed by atoms with Crippen molar-refractivity contribution in [2.75, 3.05) is 33.4 Å². The van der Waals surface area contributed by atoms with E-state index >= 15 is 0 Å². The highest BCUT2D eigenvalue weighted by Gasteiger charge is 2.30. The zero-order valence-corrected chi connectivity index (χ0v) is 26.2. The molecule has 8 nitrogen and oxygen atoms in total. The van der Waals surface area contributed by atoms with Gasteiger partial charge < -0.3 is 15.0 Å². The quantitative estimate of drug-likeness (QED) is 0.244. The fourth-order valence-corrected chi connectivity index (χ4v) is 6.83. The molecule has 1 atom stereocenters. The molecule has 1 aliphatic rings. The summed E-state index contributed by atoms with van der Waals surface area (Å²) in [5, 5.41) is 3.58. The van der Waals surface area contributed by atoms with Gasteiger partial charge in [0.15, 0.2) is 0 Å². The molecule has 4 rings (SSSR count). The van der Waals surface area contributed by atoms with E-state index in [9.17, 15) is 18.0 Å². The summed E-state index contributed by atoms with van der Waals surface area (Å²) < 4.78 is 32.5. The second-order valence-corrected chi connectivity index (χ2v) is 13.1. The number of sulfonamides is 1. The minimum absolute atomic E-state index is 0.161. The predicted molar refractivity (Wildman–Crippen MR) is 168 cm³/mol. The van der Waals surface area contributed by atoms with Crippen molar-refractivity contribution in [1.82, 2.24) is 14.5 Å². The zero-order valence-electron chi connectivity index (χ0n) is 24.6. The lowest BCUT2D eigenvalue weighted by Crippen LogP contribution is -2.50. The molecule has 3 aromatic carbocycles. The van der Waals surface area contributed by atoms with E-state index in [0.29, 0.717) is 50.5 Å². The molecule has 43 heavy (non-hydrogen) atoms. The van der Waals surface area contributed by atoms with Gasteiger partial charge in [0.1, 0.15) is 6.04 Å². The van der Waals surface area contributed by atoms with E-state index in [2.05, 4.69) is 5.32 Å². The van der Waals surface area contributed by atoms with Crippen LogP contribution in [0.5, 0.6) is 0 Å². The molecule has 0 unspecified atom stereocenters. The minimum atomic E-state index is -3.50. The summed E-state index contributed by atoms with van der Waals surface area (Å²) in [5.41, 5.74) is 2.66. The van der Waals surface area contributed by atoms with Gasteiger partial charge >= 0.3 is 0 Å². The maximum atomic E-state index is 13.9. The Bertz CT molecular complexity index is 1430. The smallest absolute Gasteiger partial charge is 0.243 e. The normalized spacial score (nSPS) is 14.4. The van der Waals surface area contributed by atoms with Crippen LogP contribution in [0.2, 0.25) is 5.02 Å². The van der Waals surface area contributed by atoms with E-state index < -0.39 is 16.1 Å². The molecule has 230 valence electrons. The van der Waals surface area contributed by atoms with Crippen molar-refractivity contribution in [3.63, 3.8) is 0 Å². The minimum Gasteiger partial charge on any atom is -0.385 e. The first kappa shape index (κ1) is 32.7. The Morgan fingerprint density at radius 1 is 0.930 bits per heavy atom. The monoisotopic (exact) mass is 625 g/mol. The summed E-state index contributed by atoms with van der Waals surface area (Å²) in [6, 6.07) is 23.0. The van der Waals surface area contributed by atoms with E-state index in [1.165, 1.54) is 4.31 Å². The van der Waals surface area contributed by atoms with Gasteiger partial charge in [-0.2, -0.15) is 4.31 Å². The fourth-order valence-electron chi connectivity index (χ4n) is 5.19. The third-order valence-electron chi connectivity index (χ3n) is 7.62. The number of benzene rings is 3. The number of halogens is 1. The van der Waals surface area contributed by atoms with Gasteiger partial charge in [-0.3, -0.25) is 9.59 Å². The van der Waals surface area contributed by atoms with Crippen LogP contribution in [-0.4, -0.2) is 68.8 Å². The van der Waals surface area contributed by atoms with Gasteiger partial charge in [0.05, 0.1) is 4.90 Å². The number of methoxy groups -OCH3 is 1. The molecule has 0 aromatic heterocycles. The summed E-state index contributed by atoms with van der Waals surface area (Å²) in [6.45, 7) is 2.30. The van der Waals surface area contributed by atoms with Gasteiger partial charge in [-0.15, -0.1) is 0 Å². The molecule has 1 fully saturated rings. The number of nitrogens with zero attached hydrogens (tertiary/aromatic N) is 2. The SMILES string of the molecule is COCCCNC(=O)[C@@H](Cc1ccccc1)N(Cc1ccc(Cl)cc1)C(=O)CCc1ccc(S(=O)(=O)N2CCCC2)cc1. The van der Waals surface area contributed by atoms with Crippen LogP contribution in [0, 0.1) is 0 Å². The van der Waals surface area contributed by atoms with Crippen LogP contribution in [0.4, 0.5) is 0 Å². The summed E-state index contributed by atoms with van der Waals surface area (Å²) in [6.07, 6.45) is 3.35. The van der Waals surface area contributed by atoms with Crippen molar-refractivity contribution >= 4 is 33.4 Å². The first-order chi connectivity index (χ1) is 20.8. The highest BCUT2D eigenvalue weighted by molar-refractivity contribution is 7.89. The van der Waals surface area contributed by atoms with Crippen LogP contribution in [0.25, 0.3) is 0 Å². The van der Waals surface area contributed by atoms with Gasteiger partial charge in [-0.1, -0.05) is 66.2 Å². The van der Waals surface area contributed by atoms with Gasteiger partial charge in [0.25, 0.3) is 0 Å². The Labute approximate surface area is 260 Å². The van der Waals surface area contributed by atoms with Crippen molar-refractivity contribution < 1.29 is 22.7 Å². The van der Waals surface area contributed by atoms with E-state index in [4.69, 9.17) is 16.3 Å². The number of carbonyl (C=O) groups excluding carboxylic acids is 2. The van der Waals surface area contributed by atoms with Crippen molar-refractivity contribution in [3.05, 3.63) is 101 Å². The van der Waals surface area contributed by atoms with Gasteiger partial charge in [-0.05, 0) is 66.6 Å². The predicted octanol–water partition coefficient (Wildman–Crippen LogP) is 4.85. The van der Waals surface area contributed by atoms with E-state index in [1.807, 2.05) is 42.5 Å². The summed E-state index contributed by atoms with van der Waals surface area (Å²) in [5.74, 6) is -0.393. The van der Waals surface area contributed by atoms with Crippen molar-refractivity contribution in [2.45, 2.75) is 56.0 Å². The van der Waals surface area contributed by atoms with E-state index in [0.717, 1.165) is 29.5 Å². The van der Waals surface area contributed by atoms with Crippen LogP contribution < -0.4 is 5.32 Å². The average Bonchev–Trinajstić information content (AvgIpc) is 3.58. The molecule has 1 N–H and O–H groups in total. The summed E-state index contributed by atoms with van der Waals surface area (Å²) in [7, 11) is -1.89. The molecule has 0 spiro atoms. The third-order valence-corrected chi connectivity index (χ3v) is 9.78. The molecule has 1 heterocycles. The standard InChI is InChI=1S/C33H40ClN3O5S/c1-42-23-7-20-35-33(39)31(24-27-8-3-2-4-9-27)37(25-28-10-15-29(34)16-11-28)32(38)19-14-26-12-17-30(18-13-26)43(40,41)36-21-5-6-22-36/h2-4,8-13,15-18,31H,5-7,14,19-25H2,1H3,(H,35,39)/t31-/m1/s1. The van der Waals surface area contributed by atoms with Crippen molar-refractivity contribution in [3.8, 4) is 0 Å². The van der Waals surface area contributed by atoms with E-state index in [-0.39, 0.29) is 29.7 Å². The average molecular weight is 626 g/mol. The van der Waals surface area contributed by atoms with Crippen LogP contribution >= 0.6 is 11.6 Å². The number of ether oxygens (including phenoxy) is 1. The first-order valence-corrected chi connectivity index (χ1v) is 16.5. The van der Waals surface area contributed by atoms with Crippen LogP contribution in [0.3, 0.4) is 0 Å². The van der Waals surface area contributed by atoms with Gasteiger partial charge in [0, 0.05) is 57.8 Å². The lowest BCUT2D eigenvalue weighted by atomic mass is 10.0. The molecule has 0 saturated carbocycles. The summed E-state index contributed by atoms with van der Waals surface area (Å²) >= 11 is 6.11. The number of aryl methyl sites for hydroxylation is 1. The molecule has 0 aliphatic carbocycles. The number of hydrogen-bond donors (Lipinski definition) is 1. The number of hydrogen-bond acceptors (Lipinski definition) is 5. The number of rotatable bonds is 15. The second kappa shape index (κ2) is 16.0. The topological polar surface area (TPSA) is 96.0 Å². The molecule has 2 amide bonds. The number of carbonyl (C=O) groups is 2. The Morgan fingerprint density at radius 2 is 1.58 bits per heavy atom. The Balaban J connectivity index is 1.53. The largest absolute Gasteiger partial charge is 0.385 e. The van der Waals surface area contributed by atoms with Crippen LogP contribution in [0.15, 0.2) is 83.8 Å². The van der Waals surface area contributed by atoms with Crippen molar-refractivity contribution in [2.24, 2.45) is 0 Å². The molecular formula is C33H40ClN3O5S. The molecule has 10 heteroatoms. The molecule has 0 bridgehead atoms. The Hall–Kier alpha value is -3.24. The third kappa shape index (κ3) is 9.37. The zero-order chi connectivity index (χ0) is 30.7. The lowest BCUT2D eigenvalue weighted by molar-refractivity contribution is -0.141. The molecule has 3 aromatic rings. The van der Waals surface area contributed by atoms with E-state index in [1.54, 1.807) is 48.4 Å². The van der Waals surface area contributed by atoms with Crippen LogP contribution in [-0.2, 0) is 43.7 Å².